The van der Waals surface area contributed by atoms with Gasteiger partial charge in [-0.15, -0.1) is 0 Å². The Morgan fingerprint density at radius 2 is 1.85 bits per heavy atom. The standard InChI is InChI=1S/C14H15NO5/c1-3-17-10-5-7-11(8-6-10)20-14-15-12(9-19-14)13(16)18-4-2/h5-9H,3-4H2,1-2H3. The first-order valence-electron chi connectivity index (χ1n) is 6.26. The lowest BCUT2D eigenvalue weighted by Crippen LogP contribution is -2.04. The Bertz CT molecular complexity index is 561. The number of esters is 1. The van der Waals surface area contributed by atoms with Crippen LogP contribution in [0, 0.1) is 0 Å². The number of oxazole rings is 1. The maximum Gasteiger partial charge on any atom is 0.399 e. The second kappa shape index (κ2) is 6.60. The molecule has 0 unspecified atom stereocenters. The first-order chi connectivity index (χ1) is 9.72. The van der Waals surface area contributed by atoms with Gasteiger partial charge in [0.15, 0.2) is 5.69 Å². The van der Waals surface area contributed by atoms with E-state index in [0.717, 1.165) is 5.75 Å². The molecule has 0 fully saturated rings. The molecule has 0 bridgehead atoms. The van der Waals surface area contributed by atoms with Gasteiger partial charge >= 0.3 is 12.0 Å². The fourth-order valence-electron chi connectivity index (χ4n) is 1.47. The fraction of sp³-hybridized carbons (Fsp3) is 0.286. The molecular formula is C14H15NO5. The molecule has 0 saturated carbocycles. The van der Waals surface area contributed by atoms with Gasteiger partial charge in [0.2, 0.25) is 0 Å². The normalized spacial score (nSPS) is 10.1. The summed E-state index contributed by atoms with van der Waals surface area (Å²) in [5.41, 5.74) is 0.0767. The van der Waals surface area contributed by atoms with E-state index in [1.165, 1.54) is 6.26 Å². The number of hydrogen-bond donors (Lipinski definition) is 0. The second-order valence-electron chi connectivity index (χ2n) is 3.73. The molecule has 0 saturated heterocycles. The first kappa shape index (κ1) is 13.9. The van der Waals surface area contributed by atoms with E-state index in [2.05, 4.69) is 4.98 Å². The minimum absolute atomic E-state index is 0.0165. The van der Waals surface area contributed by atoms with E-state index >= 15 is 0 Å². The van der Waals surface area contributed by atoms with Gasteiger partial charge in [-0.2, -0.15) is 4.98 Å². The lowest BCUT2D eigenvalue weighted by atomic mass is 10.3. The lowest BCUT2D eigenvalue weighted by molar-refractivity contribution is 0.0519. The predicted molar refractivity (Wildman–Crippen MR) is 70.1 cm³/mol. The van der Waals surface area contributed by atoms with Crippen molar-refractivity contribution < 1.29 is 23.4 Å². The quantitative estimate of drug-likeness (QED) is 0.756. The largest absolute Gasteiger partial charge is 0.494 e. The summed E-state index contributed by atoms with van der Waals surface area (Å²) >= 11 is 0. The van der Waals surface area contributed by atoms with Gasteiger partial charge in [-0.3, -0.25) is 0 Å². The average molecular weight is 277 g/mol. The molecule has 1 aromatic heterocycles. The molecule has 0 radical (unpaired) electrons. The van der Waals surface area contributed by atoms with Crippen LogP contribution in [-0.4, -0.2) is 24.2 Å². The van der Waals surface area contributed by atoms with Crippen molar-refractivity contribution >= 4 is 5.97 Å². The van der Waals surface area contributed by atoms with Crippen molar-refractivity contribution in [2.45, 2.75) is 13.8 Å². The highest BCUT2D eigenvalue weighted by Gasteiger charge is 2.14. The lowest BCUT2D eigenvalue weighted by Gasteiger charge is -2.04. The first-order valence-corrected chi connectivity index (χ1v) is 6.26. The molecule has 20 heavy (non-hydrogen) atoms. The van der Waals surface area contributed by atoms with Crippen LogP contribution in [0.2, 0.25) is 0 Å². The molecule has 2 rings (SSSR count). The van der Waals surface area contributed by atoms with E-state index in [-0.39, 0.29) is 18.4 Å². The maximum absolute atomic E-state index is 11.4. The number of benzene rings is 1. The van der Waals surface area contributed by atoms with E-state index in [4.69, 9.17) is 18.6 Å². The van der Waals surface area contributed by atoms with E-state index in [0.29, 0.717) is 12.4 Å². The highest BCUT2D eigenvalue weighted by molar-refractivity contribution is 5.86. The van der Waals surface area contributed by atoms with Crippen LogP contribution in [0.1, 0.15) is 24.3 Å². The van der Waals surface area contributed by atoms with E-state index in [1.54, 1.807) is 31.2 Å². The third-order valence-electron chi connectivity index (χ3n) is 2.31. The van der Waals surface area contributed by atoms with Crippen LogP contribution in [0.3, 0.4) is 0 Å². The molecule has 0 spiro atoms. The van der Waals surface area contributed by atoms with Gasteiger partial charge in [0.05, 0.1) is 13.2 Å². The van der Waals surface area contributed by atoms with E-state index in [1.807, 2.05) is 6.92 Å². The highest BCUT2D eigenvalue weighted by Crippen LogP contribution is 2.23. The van der Waals surface area contributed by atoms with Crippen LogP contribution in [-0.2, 0) is 4.74 Å². The minimum atomic E-state index is -0.544. The smallest absolute Gasteiger partial charge is 0.399 e. The molecule has 0 N–H and O–H groups in total. The summed E-state index contributed by atoms with van der Waals surface area (Å²) in [5.74, 6) is 0.739. The average Bonchev–Trinajstić information content (AvgIpc) is 2.90. The topological polar surface area (TPSA) is 70.8 Å². The number of rotatable bonds is 6. The molecule has 0 aliphatic rings. The number of hydrogen-bond acceptors (Lipinski definition) is 6. The maximum atomic E-state index is 11.4. The summed E-state index contributed by atoms with van der Waals surface area (Å²) in [5, 5.41) is 0. The molecule has 1 heterocycles. The van der Waals surface area contributed by atoms with Crippen molar-refractivity contribution in [3.63, 3.8) is 0 Å². The summed E-state index contributed by atoms with van der Waals surface area (Å²) in [4.78, 5) is 15.3. The third kappa shape index (κ3) is 3.50. The SMILES string of the molecule is CCOC(=O)c1coc(Oc2ccc(OCC)cc2)n1. The van der Waals surface area contributed by atoms with Crippen molar-refractivity contribution in [2.75, 3.05) is 13.2 Å². The Balaban J connectivity index is 2.01. The molecule has 106 valence electrons. The molecule has 0 amide bonds. The molecule has 0 aliphatic heterocycles. The van der Waals surface area contributed by atoms with E-state index in [9.17, 15) is 4.79 Å². The summed E-state index contributed by atoms with van der Waals surface area (Å²) in [6.45, 7) is 4.51. The molecule has 0 aliphatic carbocycles. The van der Waals surface area contributed by atoms with Crippen molar-refractivity contribution in [3.05, 3.63) is 36.2 Å². The molecule has 2 aromatic rings. The van der Waals surface area contributed by atoms with Crippen LogP contribution in [0.25, 0.3) is 0 Å². The Hall–Kier alpha value is -2.50. The van der Waals surface area contributed by atoms with E-state index < -0.39 is 5.97 Å². The fourth-order valence-corrected chi connectivity index (χ4v) is 1.47. The number of nitrogens with zero attached hydrogens (tertiary/aromatic N) is 1. The number of ether oxygens (including phenoxy) is 3. The van der Waals surface area contributed by atoms with Crippen molar-refractivity contribution in [1.82, 2.24) is 4.98 Å². The molecule has 6 heteroatoms. The zero-order valence-corrected chi connectivity index (χ0v) is 11.3. The third-order valence-corrected chi connectivity index (χ3v) is 2.31. The monoisotopic (exact) mass is 277 g/mol. The van der Waals surface area contributed by atoms with Gasteiger partial charge in [-0.25, -0.2) is 4.79 Å². The second-order valence-corrected chi connectivity index (χ2v) is 3.73. The van der Waals surface area contributed by atoms with Gasteiger partial charge < -0.3 is 18.6 Å². The Morgan fingerprint density at radius 3 is 2.50 bits per heavy atom. The Morgan fingerprint density at radius 1 is 1.15 bits per heavy atom. The molecule has 6 nitrogen and oxygen atoms in total. The predicted octanol–water partition coefficient (Wildman–Crippen LogP) is 3.04. The van der Waals surface area contributed by atoms with Gasteiger partial charge in [-0.1, -0.05) is 0 Å². The Kier molecular flexibility index (Phi) is 4.60. The zero-order chi connectivity index (χ0) is 14.4. The minimum Gasteiger partial charge on any atom is -0.494 e. The summed E-state index contributed by atoms with van der Waals surface area (Å²) in [6.07, 6.45) is 1.18. The van der Waals surface area contributed by atoms with Crippen molar-refractivity contribution in [2.24, 2.45) is 0 Å². The van der Waals surface area contributed by atoms with Crippen LogP contribution < -0.4 is 9.47 Å². The van der Waals surface area contributed by atoms with Gasteiger partial charge in [0, 0.05) is 0 Å². The zero-order valence-electron chi connectivity index (χ0n) is 11.3. The Labute approximate surface area is 116 Å². The number of carbonyl (C=O) groups excluding carboxylic acids is 1. The van der Waals surface area contributed by atoms with Crippen LogP contribution in [0.5, 0.6) is 17.6 Å². The van der Waals surface area contributed by atoms with Crippen molar-refractivity contribution in [3.8, 4) is 17.6 Å². The van der Waals surface area contributed by atoms with Crippen LogP contribution >= 0.6 is 0 Å². The van der Waals surface area contributed by atoms with Gasteiger partial charge in [0.1, 0.15) is 17.8 Å². The van der Waals surface area contributed by atoms with Crippen LogP contribution in [0.15, 0.2) is 34.9 Å². The van der Waals surface area contributed by atoms with Crippen LogP contribution in [0.4, 0.5) is 0 Å². The molecule has 1 aromatic carbocycles. The number of aromatic nitrogens is 1. The summed E-state index contributed by atoms with van der Waals surface area (Å²) in [7, 11) is 0. The molecule has 0 atom stereocenters. The summed E-state index contributed by atoms with van der Waals surface area (Å²) in [6, 6.07) is 6.99. The van der Waals surface area contributed by atoms with Crippen molar-refractivity contribution in [1.29, 1.82) is 0 Å². The summed E-state index contributed by atoms with van der Waals surface area (Å²) < 4.78 is 20.5. The molecular weight excluding hydrogens is 262 g/mol. The highest BCUT2D eigenvalue weighted by atomic mass is 16.6. The number of carbonyl (C=O) groups is 1. The van der Waals surface area contributed by atoms with Gasteiger partial charge in [0.25, 0.3) is 0 Å². The van der Waals surface area contributed by atoms with Gasteiger partial charge in [-0.05, 0) is 38.1 Å².